The molecule has 0 saturated carbocycles. The Bertz CT molecular complexity index is 270. The van der Waals surface area contributed by atoms with E-state index in [0.29, 0.717) is 0 Å². The molecule has 0 unspecified atom stereocenters. The number of primary amides is 1. The monoisotopic (exact) mass is 184 g/mol. The maximum atomic E-state index is 10.4. The summed E-state index contributed by atoms with van der Waals surface area (Å²) in [4.78, 5) is 11.6. The van der Waals surface area contributed by atoms with E-state index in [1.165, 1.54) is 10.4 Å². The van der Waals surface area contributed by atoms with Gasteiger partial charge in [0.05, 0.1) is 6.54 Å². The standard InChI is InChI=1S/C8H12N2OS/c1-6-2-3-12-7(6)4-10-5-8(9)11/h2-3,10H,4-5H2,1H3,(H2,9,11). The molecule has 66 valence electrons. The van der Waals surface area contributed by atoms with Crippen LogP contribution in [0, 0.1) is 6.92 Å². The predicted molar refractivity (Wildman–Crippen MR) is 50.0 cm³/mol. The van der Waals surface area contributed by atoms with Crippen molar-refractivity contribution in [1.29, 1.82) is 0 Å². The molecule has 0 aliphatic heterocycles. The quantitative estimate of drug-likeness (QED) is 0.721. The summed E-state index contributed by atoms with van der Waals surface area (Å²) in [6.07, 6.45) is 0. The predicted octanol–water partition coefficient (Wildman–Crippen LogP) is 0.631. The Labute approximate surface area is 75.6 Å². The first kappa shape index (κ1) is 9.22. The lowest BCUT2D eigenvalue weighted by atomic mass is 10.3. The number of rotatable bonds is 4. The van der Waals surface area contributed by atoms with Crippen molar-refractivity contribution < 1.29 is 4.79 Å². The topological polar surface area (TPSA) is 55.1 Å². The zero-order chi connectivity index (χ0) is 8.97. The summed E-state index contributed by atoms with van der Waals surface area (Å²) >= 11 is 1.69. The number of hydrogen-bond donors (Lipinski definition) is 2. The lowest BCUT2D eigenvalue weighted by molar-refractivity contribution is -0.117. The molecule has 0 aliphatic carbocycles. The van der Waals surface area contributed by atoms with Gasteiger partial charge in [0.15, 0.2) is 0 Å². The second-order valence-electron chi connectivity index (χ2n) is 2.60. The highest BCUT2D eigenvalue weighted by Gasteiger charge is 1.99. The molecule has 0 fully saturated rings. The highest BCUT2D eigenvalue weighted by Crippen LogP contribution is 2.14. The Morgan fingerprint density at radius 3 is 3.00 bits per heavy atom. The van der Waals surface area contributed by atoms with Crippen LogP contribution in [0.4, 0.5) is 0 Å². The fraction of sp³-hybridized carbons (Fsp3) is 0.375. The number of carbonyl (C=O) groups is 1. The second kappa shape index (κ2) is 4.23. The third kappa shape index (κ3) is 2.64. The largest absolute Gasteiger partial charge is 0.369 e. The number of thiophene rings is 1. The van der Waals surface area contributed by atoms with Crippen molar-refractivity contribution in [1.82, 2.24) is 5.32 Å². The van der Waals surface area contributed by atoms with Crippen LogP contribution in [0.25, 0.3) is 0 Å². The lowest BCUT2D eigenvalue weighted by Crippen LogP contribution is -2.27. The molecule has 0 atom stereocenters. The maximum Gasteiger partial charge on any atom is 0.231 e. The molecule has 12 heavy (non-hydrogen) atoms. The van der Waals surface area contributed by atoms with Gasteiger partial charge in [-0.3, -0.25) is 4.79 Å². The molecule has 0 aromatic carbocycles. The minimum absolute atomic E-state index is 0.247. The van der Waals surface area contributed by atoms with Crippen molar-refractivity contribution in [2.45, 2.75) is 13.5 Å². The van der Waals surface area contributed by atoms with Gasteiger partial charge in [0, 0.05) is 11.4 Å². The Morgan fingerprint density at radius 2 is 2.50 bits per heavy atom. The van der Waals surface area contributed by atoms with Crippen LogP contribution in [0.5, 0.6) is 0 Å². The summed E-state index contributed by atoms with van der Waals surface area (Å²) in [6, 6.07) is 2.06. The molecule has 0 aliphatic rings. The zero-order valence-electron chi connectivity index (χ0n) is 6.96. The third-order valence-corrected chi connectivity index (χ3v) is 2.58. The van der Waals surface area contributed by atoms with Gasteiger partial charge in [0.25, 0.3) is 0 Å². The first-order valence-electron chi connectivity index (χ1n) is 3.72. The lowest BCUT2D eigenvalue weighted by Gasteiger charge is -2.00. The van der Waals surface area contributed by atoms with E-state index in [4.69, 9.17) is 5.73 Å². The van der Waals surface area contributed by atoms with E-state index in [1.807, 2.05) is 5.38 Å². The van der Waals surface area contributed by atoms with E-state index in [0.717, 1.165) is 6.54 Å². The fourth-order valence-corrected chi connectivity index (χ4v) is 1.76. The summed E-state index contributed by atoms with van der Waals surface area (Å²) in [5.41, 5.74) is 6.23. The fourth-order valence-electron chi connectivity index (χ4n) is 0.884. The van der Waals surface area contributed by atoms with Crippen molar-refractivity contribution in [3.8, 4) is 0 Å². The van der Waals surface area contributed by atoms with Gasteiger partial charge >= 0.3 is 0 Å². The molecule has 3 N–H and O–H groups in total. The summed E-state index contributed by atoms with van der Waals surface area (Å²) in [6.45, 7) is 3.03. The smallest absolute Gasteiger partial charge is 0.231 e. The van der Waals surface area contributed by atoms with Crippen LogP contribution < -0.4 is 11.1 Å². The molecule has 0 bridgehead atoms. The Morgan fingerprint density at radius 1 is 1.75 bits per heavy atom. The SMILES string of the molecule is Cc1ccsc1CNCC(N)=O. The van der Waals surface area contributed by atoms with Crippen molar-refractivity contribution in [3.05, 3.63) is 21.9 Å². The maximum absolute atomic E-state index is 10.4. The van der Waals surface area contributed by atoms with Crippen LogP contribution >= 0.6 is 11.3 Å². The molecule has 0 radical (unpaired) electrons. The van der Waals surface area contributed by atoms with Crippen LogP contribution in [0.1, 0.15) is 10.4 Å². The molecule has 4 heteroatoms. The molecule has 1 aromatic heterocycles. The van der Waals surface area contributed by atoms with Crippen LogP contribution in [-0.2, 0) is 11.3 Å². The van der Waals surface area contributed by atoms with Crippen LogP contribution in [0.3, 0.4) is 0 Å². The van der Waals surface area contributed by atoms with Crippen molar-refractivity contribution in [2.75, 3.05) is 6.54 Å². The number of carbonyl (C=O) groups excluding carboxylic acids is 1. The minimum Gasteiger partial charge on any atom is -0.369 e. The Hall–Kier alpha value is -0.870. The molecule has 1 heterocycles. The van der Waals surface area contributed by atoms with Gasteiger partial charge in [0.2, 0.25) is 5.91 Å². The van der Waals surface area contributed by atoms with Gasteiger partial charge < -0.3 is 11.1 Å². The number of amides is 1. The Balaban J connectivity index is 2.33. The summed E-state index contributed by atoms with van der Waals surface area (Å²) in [7, 11) is 0. The molecule has 1 aromatic rings. The van der Waals surface area contributed by atoms with Gasteiger partial charge in [-0.25, -0.2) is 0 Å². The minimum atomic E-state index is -0.316. The molecule has 1 rings (SSSR count). The summed E-state index contributed by atoms with van der Waals surface area (Å²) in [5, 5.41) is 5.00. The first-order chi connectivity index (χ1) is 5.70. The molecule has 3 nitrogen and oxygen atoms in total. The molecular weight excluding hydrogens is 172 g/mol. The van der Waals surface area contributed by atoms with Gasteiger partial charge in [-0.1, -0.05) is 0 Å². The van der Waals surface area contributed by atoms with Gasteiger partial charge in [-0.05, 0) is 23.9 Å². The molecule has 1 amide bonds. The van der Waals surface area contributed by atoms with E-state index >= 15 is 0 Å². The van der Waals surface area contributed by atoms with Crippen LogP contribution in [0.15, 0.2) is 11.4 Å². The molecule has 0 saturated heterocycles. The zero-order valence-corrected chi connectivity index (χ0v) is 7.78. The average molecular weight is 184 g/mol. The third-order valence-electron chi connectivity index (χ3n) is 1.55. The normalized spacial score (nSPS) is 10.1. The second-order valence-corrected chi connectivity index (χ2v) is 3.60. The highest BCUT2D eigenvalue weighted by molar-refractivity contribution is 7.10. The van der Waals surface area contributed by atoms with Gasteiger partial charge in [0.1, 0.15) is 0 Å². The number of nitrogens with one attached hydrogen (secondary N) is 1. The van der Waals surface area contributed by atoms with Crippen molar-refractivity contribution in [3.63, 3.8) is 0 Å². The Kier molecular flexibility index (Phi) is 3.25. The summed E-state index contributed by atoms with van der Waals surface area (Å²) in [5.74, 6) is -0.316. The average Bonchev–Trinajstić information content (AvgIpc) is 2.36. The number of nitrogens with two attached hydrogens (primary N) is 1. The highest BCUT2D eigenvalue weighted by atomic mass is 32.1. The molecular formula is C8H12N2OS. The first-order valence-corrected chi connectivity index (χ1v) is 4.60. The van der Waals surface area contributed by atoms with Crippen LogP contribution in [-0.4, -0.2) is 12.5 Å². The van der Waals surface area contributed by atoms with Gasteiger partial charge in [-0.15, -0.1) is 11.3 Å². The van der Waals surface area contributed by atoms with Crippen LogP contribution in [0.2, 0.25) is 0 Å². The van der Waals surface area contributed by atoms with Crippen molar-refractivity contribution in [2.24, 2.45) is 5.73 Å². The molecule has 0 spiro atoms. The van der Waals surface area contributed by atoms with E-state index < -0.39 is 0 Å². The van der Waals surface area contributed by atoms with Gasteiger partial charge in [-0.2, -0.15) is 0 Å². The van der Waals surface area contributed by atoms with E-state index in [2.05, 4.69) is 18.3 Å². The van der Waals surface area contributed by atoms with E-state index in [1.54, 1.807) is 11.3 Å². The summed E-state index contributed by atoms with van der Waals surface area (Å²) < 4.78 is 0. The van der Waals surface area contributed by atoms with Crippen molar-refractivity contribution >= 4 is 17.2 Å². The van der Waals surface area contributed by atoms with E-state index in [9.17, 15) is 4.79 Å². The van der Waals surface area contributed by atoms with E-state index in [-0.39, 0.29) is 12.5 Å². The number of hydrogen-bond acceptors (Lipinski definition) is 3. The number of aryl methyl sites for hydroxylation is 1.